The predicted octanol–water partition coefficient (Wildman–Crippen LogP) is 1.17. The van der Waals surface area contributed by atoms with E-state index in [0.29, 0.717) is 0 Å². The van der Waals surface area contributed by atoms with Crippen LogP contribution in [-0.2, 0) is 13.5 Å². The molecule has 0 saturated heterocycles. The Morgan fingerprint density at radius 3 is 2.94 bits per heavy atom. The molecule has 0 fully saturated rings. The van der Waals surface area contributed by atoms with Crippen LogP contribution in [0.2, 0.25) is 0 Å². The van der Waals surface area contributed by atoms with Crippen molar-refractivity contribution >= 4 is 5.82 Å². The van der Waals surface area contributed by atoms with Gasteiger partial charge < -0.3 is 9.88 Å². The molecule has 16 heavy (non-hydrogen) atoms. The highest BCUT2D eigenvalue weighted by Crippen LogP contribution is 2.03. The normalized spacial score (nSPS) is 10.4. The summed E-state index contributed by atoms with van der Waals surface area (Å²) in [6.07, 6.45) is 2.55. The van der Waals surface area contributed by atoms with Crippen LogP contribution in [0.5, 0.6) is 0 Å². The first-order valence-electron chi connectivity index (χ1n) is 5.26. The minimum atomic E-state index is 0.809. The molecule has 0 unspecified atom stereocenters. The molecule has 2 heterocycles. The van der Waals surface area contributed by atoms with E-state index < -0.39 is 0 Å². The highest BCUT2D eigenvalue weighted by Gasteiger charge is 2.00. The van der Waals surface area contributed by atoms with Crippen molar-refractivity contribution in [3.8, 4) is 0 Å². The molecule has 0 aliphatic rings. The summed E-state index contributed by atoms with van der Waals surface area (Å²) in [5, 5.41) is 11.1. The molecule has 0 aliphatic heterocycles. The van der Waals surface area contributed by atoms with Gasteiger partial charge in [0.2, 0.25) is 0 Å². The summed E-state index contributed by atoms with van der Waals surface area (Å²) in [5.41, 5.74) is 1.02. The predicted molar refractivity (Wildman–Crippen MR) is 62.2 cm³/mol. The standard InChI is InChI=1S/C11H15N5/c1-9-4-3-5-10(14-9)12-7-6-11-15-13-8-16(11)2/h3-5,8H,6-7H2,1-2H3,(H,12,14). The minimum absolute atomic E-state index is 0.809. The molecule has 5 nitrogen and oxygen atoms in total. The Morgan fingerprint density at radius 2 is 2.25 bits per heavy atom. The quantitative estimate of drug-likeness (QED) is 0.835. The SMILES string of the molecule is Cc1cccc(NCCc2nncn2C)n1. The Balaban J connectivity index is 1.87. The van der Waals surface area contributed by atoms with Crippen molar-refractivity contribution in [1.29, 1.82) is 0 Å². The number of nitrogens with one attached hydrogen (secondary N) is 1. The second-order valence-corrected chi connectivity index (χ2v) is 3.70. The van der Waals surface area contributed by atoms with Gasteiger partial charge in [0.05, 0.1) is 0 Å². The third-order valence-electron chi connectivity index (χ3n) is 2.35. The van der Waals surface area contributed by atoms with Gasteiger partial charge in [0.25, 0.3) is 0 Å². The molecular formula is C11H15N5. The van der Waals surface area contributed by atoms with Gasteiger partial charge in [-0.05, 0) is 19.1 Å². The molecular weight excluding hydrogens is 202 g/mol. The molecule has 2 rings (SSSR count). The fraction of sp³-hybridized carbons (Fsp3) is 0.364. The zero-order valence-electron chi connectivity index (χ0n) is 9.51. The van der Waals surface area contributed by atoms with Crippen molar-refractivity contribution in [2.24, 2.45) is 7.05 Å². The number of aryl methyl sites for hydroxylation is 2. The van der Waals surface area contributed by atoms with E-state index in [1.54, 1.807) is 6.33 Å². The van der Waals surface area contributed by atoms with Gasteiger partial charge in [-0.15, -0.1) is 10.2 Å². The number of hydrogen-bond donors (Lipinski definition) is 1. The molecule has 2 aromatic rings. The molecule has 1 N–H and O–H groups in total. The van der Waals surface area contributed by atoms with Crippen molar-refractivity contribution in [3.05, 3.63) is 36.0 Å². The van der Waals surface area contributed by atoms with Crippen LogP contribution in [0.15, 0.2) is 24.5 Å². The molecule has 0 atom stereocenters. The number of nitrogens with zero attached hydrogens (tertiary/aromatic N) is 4. The zero-order valence-corrected chi connectivity index (χ0v) is 9.51. The molecule has 0 saturated carbocycles. The van der Waals surface area contributed by atoms with Gasteiger partial charge >= 0.3 is 0 Å². The third-order valence-corrected chi connectivity index (χ3v) is 2.35. The van der Waals surface area contributed by atoms with Crippen molar-refractivity contribution < 1.29 is 0 Å². The average molecular weight is 217 g/mol. The zero-order chi connectivity index (χ0) is 11.4. The Bertz CT molecular complexity index is 463. The number of anilines is 1. The summed E-state index contributed by atoms with van der Waals surface area (Å²) in [7, 11) is 1.94. The van der Waals surface area contributed by atoms with Gasteiger partial charge in [0.15, 0.2) is 0 Å². The van der Waals surface area contributed by atoms with Crippen LogP contribution in [-0.4, -0.2) is 26.3 Å². The van der Waals surface area contributed by atoms with Gasteiger partial charge in [-0.1, -0.05) is 6.07 Å². The second-order valence-electron chi connectivity index (χ2n) is 3.70. The lowest BCUT2D eigenvalue weighted by molar-refractivity contribution is 0.787. The summed E-state index contributed by atoms with van der Waals surface area (Å²) in [5.74, 6) is 1.88. The van der Waals surface area contributed by atoms with Crippen LogP contribution in [0.25, 0.3) is 0 Å². The Hall–Kier alpha value is -1.91. The van der Waals surface area contributed by atoms with Crippen LogP contribution in [0, 0.1) is 6.92 Å². The minimum Gasteiger partial charge on any atom is -0.370 e. The third kappa shape index (κ3) is 2.56. The summed E-state index contributed by atoms with van der Waals surface area (Å²) in [6.45, 7) is 2.79. The molecule has 5 heteroatoms. The van der Waals surface area contributed by atoms with E-state index in [0.717, 1.165) is 30.3 Å². The number of rotatable bonds is 4. The van der Waals surface area contributed by atoms with Crippen LogP contribution < -0.4 is 5.32 Å². The van der Waals surface area contributed by atoms with E-state index in [-0.39, 0.29) is 0 Å². The first-order chi connectivity index (χ1) is 7.75. The van der Waals surface area contributed by atoms with Gasteiger partial charge in [-0.3, -0.25) is 0 Å². The monoisotopic (exact) mass is 217 g/mol. The first-order valence-corrected chi connectivity index (χ1v) is 5.26. The smallest absolute Gasteiger partial charge is 0.134 e. The van der Waals surface area contributed by atoms with Crippen LogP contribution in [0.4, 0.5) is 5.82 Å². The summed E-state index contributed by atoms with van der Waals surface area (Å²) >= 11 is 0. The van der Waals surface area contributed by atoms with E-state index in [1.165, 1.54) is 0 Å². The lowest BCUT2D eigenvalue weighted by Crippen LogP contribution is -2.09. The maximum atomic E-state index is 4.36. The largest absolute Gasteiger partial charge is 0.370 e. The second kappa shape index (κ2) is 4.74. The molecule has 0 aromatic carbocycles. The van der Waals surface area contributed by atoms with Crippen molar-refractivity contribution in [1.82, 2.24) is 19.7 Å². The Morgan fingerprint density at radius 1 is 1.38 bits per heavy atom. The molecule has 84 valence electrons. The molecule has 0 spiro atoms. The van der Waals surface area contributed by atoms with Gasteiger partial charge in [-0.2, -0.15) is 0 Å². The summed E-state index contributed by atoms with van der Waals surface area (Å²) in [6, 6.07) is 5.94. The van der Waals surface area contributed by atoms with Crippen LogP contribution >= 0.6 is 0 Å². The van der Waals surface area contributed by atoms with E-state index in [1.807, 2.05) is 36.7 Å². The van der Waals surface area contributed by atoms with Gasteiger partial charge in [0, 0.05) is 25.7 Å². The summed E-state index contributed by atoms with van der Waals surface area (Å²) < 4.78 is 1.92. The Kier molecular flexibility index (Phi) is 3.14. The Labute approximate surface area is 94.5 Å². The van der Waals surface area contributed by atoms with E-state index in [2.05, 4.69) is 20.5 Å². The summed E-state index contributed by atoms with van der Waals surface area (Å²) in [4.78, 5) is 4.36. The van der Waals surface area contributed by atoms with E-state index in [4.69, 9.17) is 0 Å². The number of hydrogen-bond acceptors (Lipinski definition) is 4. The number of pyridine rings is 1. The average Bonchev–Trinajstić information content (AvgIpc) is 2.65. The topological polar surface area (TPSA) is 55.6 Å². The van der Waals surface area contributed by atoms with Crippen LogP contribution in [0.1, 0.15) is 11.5 Å². The highest BCUT2D eigenvalue weighted by atomic mass is 15.2. The lowest BCUT2D eigenvalue weighted by atomic mass is 10.3. The fourth-order valence-electron chi connectivity index (χ4n) is 1.48. The molecule has 0 aliphatic carbocycles. The van der Waals surface area contributed by atoms with Crippen LogP contribution in [0.3, 0.4) is 0 Å². The highest BCUT2D eigenvalue weighted by molar-refractivity contribution is 5.34. The lowest BCUT2D eigenvalue weighted by Gasteiger charge is -2.05. The molecule has 0 radical (unpaired) electrons. The van der Waals surface area contributed by atoms with E-state index in [9.17, 15) is 0 Å². The fourth-order valence-corrected chi connectivity index (χ4v) is 1.48. The molecule has 0 amide bonds. The molecule has 0 bridgehead atoms. The number of aromatic nitrogens is 4. The maximum absolute atomic E-state index is 4.36. The van der Waals surface area contributed by atoms with Crippen molar-refractivity contribution in [3.63, 3.8) is 0 Å². The maximum Gasteiger partial charge on any atom is 0.134 e. The van der Waals surface area contributed by atoms with Crippen molar-refractivity contribution in [2.45, 2.75) is 13.3 Å². The molecule has 2 aromatic heterocycles. The van der Waals surface area contributed by atoms with Gasteiger partial charge in [0.1, 0.15) is 18.0 Å². The van der Waals surface area contributed by atoms with E-state index >= 15 is 0 Å². The van der Waals surface area contributed by atoms with Gasteiger partial charge in [-0.25, -0.2) is 4.98 Å². The first kappa shape index (κ1) is 10.6. The van der Waals surface area contributed by atoms with Crippen molar-refractivity contribution in [2.75, 3.05) is 11.9 Å².